The van der Waals surface area contributed by atoms with Gasteiger partial charge in [0.05, 0.1) is 16.7 Å². The third kappa shape index (κ3) is 3.19. The Morgan fingerprint density at radius 1 is 0.395 bits per heavy atom. The van der Waals surface area contributed by atoms with Crippen molar-refractivity contribution < 1.29 is 0 Å². The molecule has 0 N–H and O–H groups in total. The summed E-state index contributed by atoms with van der Waals surface area (Å²) in [5, 5.41) is 2.56. The number of fused-ring (bicyclic) bond motifs is 6. The van der Waals surface area contributed by atoms with E-state index in [1.165, 1.54) is 72.0 Å². The number of nitrogens with zero attached hydrogens (tertiary/aromatic N) is 1. The van der Waals surface area contributed by atoms with Crippen molar-refractivity contribution in [3.8, 4) is 39.1 Å². The molecule has 0 radical (unpaired) electrons. The highest BCUT2D eigenvalue weighted by Crippen LogP contribution is 2.41. The summed E-state index contributed by atoms with van der Waals surface area (Å²) in [6.07, 6.45) is 1.03. The van der Waals surface area contributed by atoms with Gasteiger partial charge in [0.25, 0.3) is 0 Å². The Kier molecular flexibility index (Phi) is 4.65. The zero-order valence-corrected chi connectivity index (χ0v) is 20.9. The Balaban J connectivity index is 1.34. The highest BCUT2D eigenvalue weighted by atomic mass is 15.0. The van der Waals surface area contributed by atoms with Crippen LogP contribution in [0.15, 0.2) is 140 Å². The van der Waals surface area contributed by atoms with Gasteiger partial charge in [0.1, 0.15) is 0 Å². The smallest absolute Gasteiger partial charge is 0.0541 e. The molecule has 0 atom stereocenters. The van der Waals surface area contributed by atoms with E-state index >= 15 is 0 Å². The molecule has 1 nitrogen and oxygen atoms in total. The van der Waals surface area contributed by atoms with Crippen LogP contribution in [0.1, 0.15) is 11.1 Å². The van der Waals surface area contributed by atoms with Gasteiger partial charge in [-0.1, -0.05) is 109 Å². The van der Waals surface area contributed by atoms with Gasteiger partial charge >= 0.3 is 0 Å². The molecule has 1 aliphatic carbocycles. The number of hydrogen-bond donors (Lipinski definition) is 0. The number of benzene rings is 6. The molecule has 0 saturated heterocycles. The molecule has 0 fully saturated rings. The Bertz CT molecular complexity index is 1990. The summed E-state index contributed by atoms with van der Waals surface area (Å²) < 4.78 is 2.43. The average Bonchev–Trinajstić information content (AvgIpc) is 3.52. The molecule has 1 aromatic heterocycles. The second-order valence-corrected chi connectivity index (χ2v) is 10.2. The predicted octanol–water partition coefficient (Wildman–Crippen LogP) is 9.69. The van der Waals surface area contributed by atoms with E-state index in [1.54, 1.807) is 0 Å². The molecule has 0 unspecified atom stereocenters. The lowest BCUT2D eigenvalue weighted by Gasteiger charge is -2.14. The molecule has 1 heterocycles. The maximum Gasteiger partial charge on any atom is 0.0541 e. The van der Waals surface area contributed by atoms with Crippen LogP contribution in [0.3, 0.4) is 0 Å². The number of para-hydroxylation sites is 2. The summed E-state index contributed by atoms with van der Waals surface area (Å²) in [7, 11) is 0. The SMILES string of the molecule is c1ccc(-c2ccccc2-n2c3ccccc3c3cc(-c4ccc5c(c4)-c4ccccc4C5)ccc32)cc1. The van der Waals surface area contributed by atoms with Gasteiger partial charge in [-0.2, -0.15) is 0 Å². The van der Waals surface area contributed by atoms with E-state index in [2.05, 4.69) is 144 Å². The molecule has 1 aliphatic rings. The first-order valence-corrected chi connectivity index (χ1v) is 13.2. The van der Waals surface area contributed by atoms with E-state index < -0.39 is 0 Å². The first-order chi connectivity index (χ1) is 18.8. The molecule has 0 saturated carbocycles. The minimum atomic E-state index is 1.03. The van der Waals surface area contributed by atoms with Crippen LogP contribution < -0.4 is 0 Å². The third-order valence-corrected chi connectivity index (χ3v) is 8.03. The fourth-order valence-corrected chi connectivity index (χ4v) is 6.25. The summed E-state index contributed by atoms with van der Waals surface area (Å²) in [5.41, 5.74) is 14.2. The van der Waals surface area contributed by atoms with E-state index in [-0.39, 0.29) is 0 Å². The van der Waals surface area contributed by atoms with Crippen LogP contribution in [-0.2, 0) is 6.42 Å². The topological polar surface area (TPSA) is 4.93 Å². The fraction of sp³-hybridized carbons (Fsp3) is 0.0270. The van der Waals surface area contributed by atoms with Gasteiger partial charge < -0.3 is 4.57 Å². The maximum absolute atomic E-state index is 2.43. The van der Waals surface area contributed by atoms with E-state index in [0.717, 1.165) is 6.42 Å². The molecular formula is C37H25N. The highest BCUT2D eigenvalue weighted by molar-refractivity contribution is 6.11. The van der Waals surface area contributed by atoms with Gasteiger partial charge in [-0.25, -0.2) is 0 Å². The number of aromatic nitrogens is 1. The van der Waals surface area contributed by atoms with Gasteiger partial charge in [-0.15, -0.1) is 0 Å². The molecule has 7 aromatic rings. The Hall–Kier alpha value is -4.88. The fourth-order valence-electron chi connectivity index (χ4n) is 6.25. The zero-order chi connectivity index (χ0) is 25.1. The standard InChI is InChI=1S/C37H25N/c1-2-10-25(11-3-1)31-14-6-8-16-35(31)38-36-17-9-7-15-32(36)34-24-27(20-21-37(34)38)26-18-19-29-22-28-12-4-5-13-30(28)33(29)23-26/h1-21,23-24H,22H2. The van der Waals surface area contributed by atoms with E-state index in [4.69, 9.17) is 0 Å². The van der Waals surface area contributed by atoms with E-state index in [1.807, 2.05) is 0 Å². The van der Waals surface area contributed by atoms with Crippen LogP contribution in [0.25, 0.3) is 60.9 Å². The Morgan fingerprint density at radius 3 is 1.97 bits per heavy atom. The minimum absolute atomic E-state index is 1.03. The van der Waals surface area contributed by atoms with Crippen molar-refractivity contribution in [2.45, 2.75) is 6.42 Å². The Morgan fingerprint density at radius 2 is 1.05 bits per heavy atom. The minimum Gasteiger partial charge on any atom is -0.309 e. The molecule has 0 bridgehead atoms. The van der Waals surface area contributed by atoms with Gasteiger partial charge in [-0.3, -0.25) is 0 Å². The van der Waals surface area contributed by atoms with Crippen molar-refractivity contribution in [1.82, 2.24) is 4.57 Å². The molecule has 0 amide bonds. The average molecular weight is 484 g/mol. The molecule has 0 aliphatic heterocycles. The van der Waals surface area contributed by atoms with Crippen molar-refractivity contribution in [2.75, 3.05) is 0 Å². The van der Waals surface area contributed by atoms with Crippen molar-refractivity contribution in [3.05, 3.63) is 151 Å². The summed E-state index contributed by atoms with van der Waals surface area (Å²) in [6, 6.07) is 50.9. The molecule has 0 spiro atoms. The third-order valence-electron chi connectivity index (χ3n) is 8.03. The second kappa shape index (κ2) is 8.33. The van der Waals surface area contributed by atoms with Crippen molar-refractivity contribution in [2.24, 2.45) is 0 Å². The largest absolute Gasteiger partial charge is 0.309 e. The monoisotopic (exact) mass is 483 g/mol. The van der Waals surface area contributed by atoms with Crippen LogP contribution >= 0.6 is 0 Å². The first kappa shape index (κ1) is 21.2. The normalized spacial score (nSPS) is 12.1. The molecule has 38 heavy (non-hydrogen) atoms. The van der Waals surface area contributed by atoms with Crippen LogP contribution in [-0.4, -0.2) is 4.57 Å². The molecule has 8 rings (SSSR count). The predicted molar refractivity (Wildman–Crippen MR) is 160 cm³/mol. The van der Waals surface area contributed by atoms with Crippen molar-refractivity contribution in [3.63, 3.8) is 0 Å². The number of hydrogen-bond acceptors (Lipinski definition) is 0. The summed E-state index contributed by atoms with van der Waals surface area (Å²) >= 11 is 0. The van der Waals surface area contributed by atoms with E-state index in [0.29, 0.717) is 0 Å². The van der Waals surface area contributed by atoms with Gasteiger partial charge in [-0.05, 0) is 75.7 Å². The van der Waals surface area contributed by atoms with Crippen LogP contribution in [0.4, 0.5) is 0 Å². The molecule has 178 valence electrons. The summed E-state index contributed by atoms with van der Waals surface area (Å²) in [5.74, 6) is 0. The van der Waals surface area contributed by atoms with Gasteiger partial charge in [0.2, 0.25) is 0 Å². The van der Waals surface area contributed by atoms with Crippen LogP contribution in [0, 0.1) is 0 Å². The lowest BCUT2D eigenvalue weighted by molar-refractivity contribution is 1.18. The van der Waals surface area contributed by atoms with Crippen LogP contribution in [0.5, 0.6) is 0 Å². The van der Waals surface area contributed by atoms with Crippen molar-refractivity contribution in [1.29, 1.82) is 0 Å². The highest BCUT2D eigenvalue weighted by Gasteiger charge is 2.19. The van der Waals surface area contributed by atoms with Gasteiger partial charge in [0.15, 0.2) is 0 Å². The lowest BCUT2D eigenvalue weighted by Crippen LogP contribution is -1.97. The Labute approximate surface area is 222 Å². The second-order valence-electron chi connectivity index (χ2n) is 10.2. The van der Waals surface area contributed by atoms with Crippen LogP contribution in [0.2, 0.25) is 0 Å². The first-order valence-electron chi connectivity index (χ1n) is 13.2. The summed E-state index contributed by atoms with van der Waals surface area (Å²) in [6.45, 7) is 0. The molecule has 6 aromatic carbocycles. The lowest BCUT2D eigenvalue weighted by atomic mass is 9.97. The quantitative estimate of drug-likeness (QED) is 0.236. The summed E-state index contributed by atoms with van der Waals surface area (Å²) in [4.78, 5) is 0. The van der Waals surface area contributed by atoms with E-state index in [9.17, 15) is 0 Å². The maximum atomic E-state index is 2.43. The van der Waals surface area contributed by atoms with Crippen molar-refractivity contribution >= 4 is 21.8 Å². The van der Waals surface area contributed by atoms with Gasteiger partial charge in [0, 0.05) is 16.3 Å². The number of rotatable bonds is 3. The molecule has 1 heteroatoms. The zero-order valence-electron chi connectivity index (χ0n) is 20.9. The molecular weight excluding hydrogens is 458 g/mol.